The summed E-state index contributed by atoms with van der Waals surface area (Å²) in [5, 5.41) is 22.3. The van der Waals surface area contributed by atoms with E-state index in [9.17, 15) is 19.8 Å². The number of hydrogen-bond acceptors (Lipinski definition) is 4. The van der Waals surface area contributed by atoms with Crippen LogP contribution in [-0.2, 0) is 11.3 Å². The number of carbonyl (C=O) groups excluding carboxylic acids is 1. The number of nitrogens with zero attached hydrogens (tertiary/aromatic N) is 1. The summed E-state index contributed by atoms with van der Waals surface area (Å²) in [6.45, 7) is 8.84. The number of ether oxygens (including phenoxy) is 1. The van der Waals surface area contributed by atoms with Gasteiger partial charge in [-0.15, -0.1) is 0 Å². The van der Waals surface area contributed by atoms with E-state index in [1.165, 1.54) is 18.1 Å². The van der Waals surface area contributed by atoms with Gasteiger partial charge in [0.25, 0.3) is 0 Å². The fraction of sp³-hybridized carbons (Fsp3) is 0.565. The van der Waals surface area contributed by atoms with E-state index in [0.29, 0.717) is 11.7 Å². The normalized spacial score (nSPS) is 28.4. The monoisotopic (exact) mass is 416 g/mol. The largest absolute Gasteiger partial charge is 0.504 e. The van der Waals surface area contributed by atoms with Gasteiger partial charge in [0.2, 0.25) is 5.91 Å². The molecule has 5 unspecified atom stereocenters. The Morgan fingerprint density at radius 3 is 2.67 bits per heavy atom. The number of allylic oxidation sites excluding steroid dienone is 1. The third-order valence-corrected chi connectivity index (χ3v) is 6.69. The molecule has 164 valence electrons. The zero-order valence-electron chi connectivity index (χ0n) is 17.9. The lowest BCUT2D eigenvalue weighted by atomic mass is 9.64. The topological polar surface area (TPSA) is 99.1 Å². The molecule has 2 amide bonds. The Labute approximate surface area is 177 Å². The molecule has 1 saturated heterocycles. The predicted molar refractivity (Wildman–Crippen MR) is 113 cm³/mol. The molecular formula is C23H32N2O5. The number of phenols is 1. The number of methoxy groups -OCH3 is 1. The highest BCUT2D eigenvalue weighted by molar-refractivity contribution is 5.83. The molecule has 30 heavy (non-hydrogen) atoms. The van der Waals surface area contributed by atoms with Gasteiger partial charge in [-0.25, -0.2) is 4.79 Å². The predicted octanol–water partition coefficient (Wildman–Crippen LogP) is 3.62. The van der Waals surface area contributed by atoms with Crippen LogP contribution in [0.3, 0.4) is 0 Å². The van der Waals surface area contributed by atoms with Gasteiger partial charge in [-0.1, -0.05) is 31.6 Å². The van der Waals surface area contributed by atoms with E-state index < -0.39 is 6.09 Å². The van der Waals surface area contributed by atoms with Crippen molar-refractivity contribution in [1.82, 2.24) is 10.2 Å². The van der Waals surface area contributed by atoms with Crippen LogP contribution in [0.2, 0.25) is 0 Å². The van der Waals surface area contributed by atoms with Crippen molar-refractivity contribution in [2.24, 2.45) is 23.7 Å². The van der Waals surface area contributed by atoms with Crippen LogP contribution in [0.1, 0.15) is 38.7 Å². The van der Waals surface area contributed by atoms with Crippen LogP contribution in [0.15, 0.2) is 30.4 Å². The summed E-state index contributed by atoms with van der Waals surface area (Å²) in [7, 11) is 1.47. The lowest BCUT2D eigenvalue weighted by molar-refractivity contribution is -0.137. The molecule has 5 atom stereocenters. The number of phenolic OH excluding ortho intramolecular Hbond substituents is 1. The molecule has 1 heterocycles. The molecule has 1 saturated carbocycles. The highest BCUT2D eigenvalue weighted by Gasteiger charge is 2.52. The van der Waals surface area contributed by atoms with Crippen LogP contribution in [0.25, 0.3) is 0 Å². The molecule has 0 spiro atoms. The minimum absolute atomic E-state index is 0.0426. The number of likely N-dealkylation sites (tertiary alicyclic amines) is 1. The second-order valence-electron chi connectivity index (χ2n) is 8.79. The van der Waals surface area contributed by atoms with Crippen molar-refractivity contribution in [3.63, 3.8) is 0 Å². The molecule has 2 aliphatic rings. The number of hydrogen-bond donors (Lipinski definition) is 3. The number of benzene rings is 1. The maximum atomic E-state index is 13.0. The lowest BCUT2D eigenvalue weighted by Crippen LogP contribution is -2.66. The van der Waals surface area contributed by atoms with Gasteiger partial charge >= 0.3 is 6.09 Å². The van der Waals surface area contributed by atoms with Gasteiger partial charge in [0, 0.05) is 13.1 Å². The molecule has 0 aromatic heterocycles. The van der Waals surface area contributed by atoms with Crippen LogP contribution in [0.4, 0.5) is 4.79 Å². The van der Waals surface area contributed by atoms with E-state index in [2.05, 4.69) is 18.8 Å². The van der Waals surface area contributed by atoms with E-state index in [0.717, 1.165) is 30.4 Å². The van der Waals surface area contributed by atoms with Crippen molar-refractivity contribution in [3.8, 4) is 11.5 Å². The van der Waals surface area contributed by atoms with Crippen LogP contribution >= 0.6 is 0 Å². The number of carbonyl (C=O) groups is 2. The van der Waals surface area contributed by atoms with Crippen molar-refractivity contribution in [2.45, 2.75) is 45.7 Å². The van der Waals surface area contributed by atoms with E-state index in [-0.39, 0.29) is 48.5 Å². The average Bonchev–Trinajstić information content (AvgIpc) is 2.66. The molecule has 7 heteroatoms. The quantitative estimate of drug-likeness (QED) is 0.615. The Morgan fingerprint density at radius 2 is 2.03 bits per heavy atom. The number of aromatic hydroxyl groups is 1. The van der Waals surface area contributed by atoms with Gasteiger partial charge in [0.1, 0.15) is 0 Å². The lowest BCUT2D eigenvalue weighted by Gasteiger charge is -2.53. The summed E-state index contributed by atoms with van der Waals surface area (Å²) < 4.78 is 5.11. The number of carboxylic acid groups (broad SMARTS) is 1. The Morgan fingerprint density at radius 1 is 1.30 bits per heavy atom. The molecule has 0 bridgehead atoms. The van der Waals surface area contributed by atoms with E-state index in [1.54, 1.807) is 12.1 Å². The summed E-state index contributed by atoms with van der Waals surface area (Å²) in [5.41, 5.74) is 1.87. The van der Waals surface area contributed by atoms with E-state index in [1.807, 2.05) is 6.92 Å². The number of rotatable bonds is 6. The van der Waals surface area contributed by atoms with Crippen LogP contribution in [0, 0.1) is 23.7 Å². The SMILES string of the molecule is C=C(C)C1CCC(C)CC1C1C(C(=O)NCc2ccc(O)c(OC)c2)CN1C(=O)O. The van der Waals surface area contributed by atoms with E-state index in [4.69, 9.17) is 4.74 Å². The third-order valence-electron chi connectivity index (χ3n) is 6.69. The highest BCUT2D eigenvalue weighted by atomic mass is 16.5. The van der Waals surface area contributed by atoms with Crippen molar-refractivity contribution in [2.75, 3.05) is 13.7 Å². The molecule has 1 aromatic rings. The summed E-state index contributed by atoms with van der Waals surface area (Å²) in [6, 6.07) is 4.61. The third kappa shape index (κ3) is 4.40. The van der Waals surface area contributed by atoms with Gasteiger partial charge in [0.05, 0.1) is 19.1 Å². The van der Waals surface area contributed by atoms with Crippen molar-refractivity contribution in [1.29, 1.82) is 0 Å². The van der Waals surface area contributed by atoms with Gasteiger partial charge < -0.3 is 25.2 Å². The fourth-order valence-corrected chi connectivity index (χ4v) is 5.06. The fourth-order valence-electron chi connectivity index (χ4n) is 5.06. The average molecular weight is 417 g/mol. The minimum atomic E-state index is -0.967. The first-order valence-electron chi connectivity index (χ1n) is 10.5. The molecule has 3 rings (SSSR count). The summed E-state index contributed by atoms with van der Waals surface area (Å²) in [4.78, 5) is 26.2. The smallest absolute Gasteiger partial charge is 0.407 e. The van der Waals surface area contributed by atoms with E-state index >= 15 is 0 Å². The first-order valence-corrected chi connectivity index (χ1v) is 10.5. The van der Waals surface area contributed by atoms with Gasteiger partial charge in [-0.3, -0.25) is 4.79 Å². The van der Waals surface area contributed by atoms with Crippen LogP contribution < -0.4 is 10.1 Å². The maximum absolute atomic E-state index is 13.0. The molecule has 1 aromatic carbocycles. The second kappa shape index (κ2) is 8.98. The first kappa shape index (κ1) is 22.0. The molecule has 2 fully saturated rings. The Balaban J connectivity index is 1.73. The summed E-state index contributed by atoms with van der Waals surface area (Å²) in [6.07, 6.45) is 2.04. The maximum Gasteiger partial charge on any atom is 0.407 e. The molecule has 7 nitrogen and oxygen atoms in total. The number of nitrogens with one attached hydrogen (secondary N) is 1. The Kier molecular flexibility index (Phi) is 6.58. The summed E-state index contributed by atoms with van der Waals surface area (Å²) >= 11 is 0. The molecule has 3 N–H and O–H groups in total. The van der Waals surface area contributed by atoms with Crippen molar-refractivity contribution in [3.05, 3.63) is 35.9 Å². The first-order chi connectivity index (χ1) is 14.2. The van der Waals surface area contributed by atoms with Gasteiger partial charge in [-0.2, -0.15) is 0 Å². The molecule has 1 aliphatic heterocycles. The van der Waals surface area contributed by atoms with Crippen LogP contribution in [-0.4, -0.2) is 46.8 Å². The molecule has 1 aliphatic carbocycles. The highest BCUT2D eigenvalue weighted by Crippen LogP contribution is 2.45. The molecular weight excluding hydrogens is 384 g/mol. The molecule has 0 radical (unpaired) electrons. The van der Waals surface area contributed by atoms with Crippen molar-refractivity contribution < 1.29 is 24.5 Å². The standard InChI is InChI=1S/C23H32N2O5/c1-13(2)16-7-5-14(3)9-17(16)21-18(12-25(21)23(28)29)22(27)24-11-15-6-8-19(26)20(10-15)30-4/h6,8,10,14,16-18,21,26H,1,5,7,9,11-12H2,2-4H3,(H,24,27)(H,28,29). The zero-order chi connectivity index (χ0) is 22.0. The summed E-state index contributed by atoms with van der Waals surface area (Å²) in [5.74, 6) is 0.753. The van der Waals surface area contributed by atoms with Gasteiger partial charge in [-0.05, 0) is 55.2 Å². The second-order valence-corrected chi connectivity index (χ2v) is 8.79. The van der Waals surface area contributed by atoms with Crippen LogP contribution in [0.5, 0.6) is 11.5 Å². The Hall–Kier alpha value is -2.70. The van der Waals surface area contributed by atoms with Gasteiger partial charge in [0.15, 0.2) is 11.5 Å². The zero-order valence-corrected chi connectivity index (χ0v) is 17.9. The van der Waals surface area contributed by atoms with Crippen molar-refractivity contribution >= 4 is 12.0 Å². The Bertz CT molecular complexity index is 824. The minimum Gasteiger partial charge on any atom is -0.504 e. The number of amides is 2.